The van der Waals surface area contributed by atoms with Crippen LogP contribution in [-0.4, -0.2) is 16.5 Å². The molecule has 1 aromatic heterocycles. The van der Waals surface area contributed by atoms with Gasteiger partial charge in [0.1, 0.15) is 5.82 Å². The second-order valence-corrected chi connectivity index (χ2v) is 3.06. The van der Waals surface area contributed by atoms with Gasteiger partial charge in [-0.2, -0.15) is 0 Å². The molecule has 0 aliphatic carbocycles. The zero-order chi connectivity index (χ0) is 10.6. The first-order valence-electron chi connectivity index (χ1n) is 4.61. The highest BCUT2D eigenvalue weighted by molar-refractivity contribution is 5.17. The minimum atomic E-state index is -0.0991. The first kappa shape index (κ1) is 10.5. The number of rotatable bonds is 3. The van der Waals surface area contributed by atoms with Crippen LogP contribution in [0.15, 0.2) is 4.79 Å². The van der Waals surface area contributed by atoms with Gasteiger partial charge < -0.3 is 9.83 Å². The summed E-state index contributed by atoms with van der Waals surface area (Å²) in [7, 11) is 0. The molecule has 0 amide bonds. The molecule has 1 rings (SSSR count). The summed E-state index contributed by atoms with van der Waals surface area (Å²) >= 11 is 0. The Balaban J connectivity index is 3.07. The van der Waals surface area contributed by atoms with Crippen LogP contribution in [0.2, 0.25) is 0 Å². The molecule has 0 unspecified atom stereocenters. The lowest BCUT2D eigenvalue weighted by molar-refractivity contribution is 0.858. The Bertz CT molecular complexity index is 414. The molecule has 0 radical (unpaired) electrons. The first-order chi connectivity index (χ1) is 6.69. The summed E-state index contributed by atoms with van der Waals surface area (Å²) < 4.78 is 0. The number of H-pyrrole nitrogens is 1. The quantitative estimate of drug-likeness (QED) is 0.727. The van der Waals surface area contributed by atoms with Crippen molar-refractivity contribution in [3.05, 3.63) is 38.9 Å². The highest BCUT2D eigenvalue weighted by Gasteiger charge is 2.07. The average molecular weight is 191 g/mol. The molecule has 0 atom stereocenters. The van der Waals surface area contributed by atoms with E-state index in [9.17, 15) is 4.79 Å². The predicted molar refractivity (Wildman–Crippen MR) is 54.1 cm³/mol. The van der Waals surface area contributed by atoms with Crippen molar-refractivity contribution in [2.75, 3.05) is 6.54 Å². The predicted octanol–water partition coefficient (Wildman–Crippen LogP) is 1.10. The Kier molecular flexibility index (Phi) is 3.41. The molecule has 0 bridgehead atoms. The van der Waals surface area contributed by atoms with Crippen LogP contribution < -0.4 is 5.56 Å². The zero-order valence-corrected chi connectivity index (χ0v) is 8.42. The molecule has 0 aliphatic rings. The summed E-state index contributed by atoms with van der Waals surface area (Å²) in [6, 6.07) is 0. The maximum absolute atomic E-state index is 11.5. The van der Waals surface area contributed by atoms with E-state index in [1.165, 1.54) is 0 Å². The molecule has 0 spiro atoms. The molecule has 0 aromatic carbocycles. The van der Waals surface area contributed by atoms with Crippen LogP contribution in [0.25, 0.3) is 4.85 Å². The molecular weight excluding hydrogens is 178 g/mol. The molecule has 1 heterocycles. The van der Waals surface area contributed by atoms with Crippen molar-refractivity contribution in [3.63, 3.8) is 0 Å². The van der Waals surface area contributed by atoms with Gasteiger partial charge in [-0.25, -0.2) is 11.6 Å². The van der Waals surface area contributed by atoms with E-state index in [2.05, 4.69) is 14.8 Å². The van der Waals surface area contributed by atoms with Crippen LogP contribution in [0, 0.1) is 13.5 Å². The van der Waals surface area contributed by atoms with E-state index in [-0.39, 0.29) is 5.56 Å². The molecule has 1 N–H and O–H groups in total. The fraction of sp³-hybridized carbons (Fsp3) is 0.500. The summed E-state index contributed by atoms with van der Waals surface area (Å²) in [5.74, 6) is 0.707. The van der Waals surface area contributed by atoms with Gasteiger partial charge in [-0.3, -0.25) is 4.79 Å². The third-order valence-electron chi connectivity index (χ3n) is 2.08. The van der Waals surface area contributed by atoms with Crippen LogP contribution in [0.3, 0.4) is 0 Å². The maximum Gasteiger partial charge on any atom is 0.254 e. The Morgan fingerprint density at radius 1 is 1.57 bits per heavy atom. The minimum absolute atomic E-state index is 0.0991. The maximum atomic E-state index is 11.5. The number of hydrogen-bond donors (Lipinski definition) is 1. The Hall–Kier alpha value is -1.63. The van der Waals surface area contributed by atoms with Crippen molar-refractivity contribution < 1.29 is 0 Å². The van der Waals surface area contributed by atoms with Crippen molar-refractivity contribution in [1.29, 1.82) is 0 Å². The van der Waals surface area contributed by atoms with Gasteiger partial charge in [0.05, 0.1) is 6.42 Å². The van der Waals surface area contributed by atoms with Crippen LogP contribution >= 0.6 is 0 Å². The number of aromatic amines is 1. The van der Waals surface area contributed by atoms with E-state index in [4.69, 9.17) is 6.57 Å². The lowest BCUT2D eigenvalue weighted by Gasteiger charge is -2.02. The molecular formula is C10H13N3O. The van der Waals surface area contributed by atoms with Gasteiger partial charge in [0, 0.05) is 17.7 Å². The summed E-state index contributed by atoms with van der Waals surface area (Å²) in [6.07, 6.45) is 1.21. The Morgan fingerprint density at radius 2 is 2.29 bits per heavy atom. The van der Waals surface area contributed by atoms with Crippen LogP contribution in [0.1, 0.15) is 24.0 Å². The van der Waals surface area contributed by atoms with E-state index in [1.807, 2.05) is 13.8 Å². The van der Waals surface area contributed by atoms with Crippen molar-refractivity contribution in [2.24, 2.45) is 0 Å². The Labute approximate surface area is 82.8 Å². The topological polar surface area (TPSA) is 50.1 Å². The largest absolute Gasteiger partial charge is 0.317 e. The second-order valence-electron chi connectivity index (χ2n) is 3.06. The zero-order valence-electron chi connectivity index (χ0n) is 8.42. The van der Waals surface area contributed by atoms with E-state index >= 15 is 0 Å². The van der Waals surface area contributed by atoms with E-state index in [1.54, 1.807) is 0 Å². The molecule has 0 aliphatic heterocycles. The molecule has 4 heteroatoms. The number of aryl methyl sites for hydroxylation is 2. The normalized spacial score (nSPS) is 9.79. The fourth-order valence-corrected chi connectivity index (χ4v) is 1.30. The van der Waals surface area contributed by atoms with Crippen molar-refractivity contribution in [1.82, 2.24) is 9.97 Å². The van der Waals surface area contributed by atoms with Gasteiger partial charge in [0.15, 0.2) is 0 Å². The summed E-state index contributed by atoms with van der Waals surface area (Å²) in [6.45, 7) is 10.8. The minimum Gasteiger partial charge on any atom is -0.317 e. The molecule has 74 valence electrons. The monoisotopic (exact) mass is 191 g/mol. The van der Waals surface area contributed by atoms with Crippen molar-refractivity contribution in [3.8, 4) is 0 Å². The highest BCUT2D eigenvalue weighted by Crippen LogP contribution is 2.00. The molecule has 0 saturated heterocycles. The van der Waals surface area contributed by atoms with E-state index in [0.29, 0.717) is 24.4 Å². The third kappa shape index (κ3) is 2.19. The lowest BCUT2D eigenvalue weighted by atomic mass is 10.1. The number of aromatic nitrogens is 2. The molecule has 1 aromatic rings. The van der Waals surface area contributed by atoms with Gasteiger partial charge in [-0.15, -0.1) is 0 Å². The second kappa shape index (κ2) is 4.56. The van der Waals surface area contributed by atoms with Gasteiger partial charge in [-0.05, 0) is 6.92 Å². The smallest absolute Gasteiger partial charge is 0.254 e. The van der Waals surface area contributed by atoms with Crippen LogP contribution in [0.5, 0.6) is 0 Å². The van der Waals surface area contributed by atoms with E-state index in [0.717, 1.165) is 12.1 Å². The van der Waals surface area contributed by atoms with Gasteiger partial charge >= 0.3 is 0 Å². The van der Waals surface area contributed by atoms with Crippen LogP contribution in [-0.2, 0) is 12.8 Å². The van der Waals surface area contributed by atoms with Gasteiger partial charge in [-0.1, -0.05) is 6.92 Å². The SMILES string of the molecule is [C-]#[N+]CCc1c(C)nc(CC)[nH]c1=O. The van der Waals surface area contributed by atoms with Crippen LogP contribution in [0.4, 0.5) is 0 Å². The average Bonchev–Trinajstić information content (AvgIpc) is 2.16. The molecule has 0 saturated carbocycles. The number of hydrogen-bond acceptors (Lipinski definition) is 2. The first-order valence-corrected chi connectivity index (χ1v) is 4.61. The van der Waals surface area contributed by atoms with Gasteiger partial charge in [0.25, 0.3) is 5.56 Å². The third-order valence-corrected chi connectivity index (χ3v) is 2.08. The van der Waals surface area contributed by atoms with Crippen molar-refractivity contribution >= 4 is 0 Å². The number of nitrogens with zero attached hydrogens (tertiary/aromatic N) is 2. The fourth-order valence-electron chi connectivity index (χ4n) is 1.30. The number of nitrogens with one attached hydrogen (secondary N) is 1. The standard InChI is InChI=1S/C10H13N3O/c1-4-9-12-7(2)8(5-6-11-3)10(14)13-9/h4-6H2,1-2H3,(H,12,13,14). The molecule has 4 nitrogen and oxygen atoms in total. The molecule has 14 heavy (non-hydrogen) atoms. The lowest BCUT2D eigenvalue weighted by Crippen LogP contribution is -2.19. The summed E-state index contributed by atoms with van der Waals surface area (Å²) in [5.41, 5.74) is 1.28. The summed E-state index contributed by atoms with van der Waals surface area (Å²) in [5, 5.41) is 0. The van der Waals surface area contributed by atoms with Gasteiger partial charge in [0.2, 0.25) is 6.54 Å². The molecule has 0 fully saturated rings. The highest BCUT2D eigenvalue weighted by atomic mass is 16.1. The van der Waals surface area contributed by atoms with Crippen molar-refractivity contribution in [2.45, 2.75) is 26.7 Å². The summed E-state index contributed by atoms with van der Waals surface area (Å²) in [4.78, 5) is 21.7. The van der Waals surface area contributed by atoms with E-state index < -0.39 is 0 Å². The Morgan fingerprint density at radius 3 is 2.79 bits per heavy atom.